The second-order valence-electron chi connectivity index (χ2n) is 6.81. The van der Waals surface area contributed by atoms with E-state index in [1.807, 2.05) is 4.90 Å². The van der Waals surface area contributed by atoms with Crippen molar-refractivity contribution < 1.29 is 14.3 Å². The van der Waals surface area contributed by atoms with Gasteiger partial charge >= 0.3 is 0 Å². The van der Waals surface area contributed by atoms with Crippen LogP contribution < -0.4 is 0 Å². The first kappa shape index (κ1) is 14.8. The summed E-state index contributed by atoms with van der Waals surface area (Å²) in [6, 6.07) is 0. The molecular weight excluding hydrogens is 268 g/mol. The van der Waals surface area contributed by atoms with Crippen LogP contribution in [0.15, 0.2) is 0 Å². The number of rotatable bonds is 1. The summed E-state index contributed by atoms with van der Waals surface area (Å²) in [5, 5.41) is 0. The molecule has 1 aliphatic carbocycles. The Morgan fingerprint density at radius 3 is 2.71 bits per heavy atom. The average Bonchev–Trinajstić information content (AvgIpc) is 2.50. The van der Waals surface area contributed by atoms with Gasteiger partial charge < -0.3 is 14.5 Å². The normalized spacial score (nSPS) is 29.8. The number of nitrogens with zero attached hydrogens (tertiary/aromatic N) is 2. The number of ether oxygens (including phenoxy) is 1. The summed E-state index contributed by atoms with van der Waals surface area (Å²) in [5.41, 5.74) is -0.129. The largest absolute Gasteiger partial charge is 0.371 e. The van der Waals surface area contributed by atoms with Crippen LogP contribution in [0.3, 0.4) is 0 Å². The standard InChI is InChI=1S/C16H26N2O3/c1-17-9-5-6-13(14(17)19)15(20)18-10-11-21-16(12-18)7-3-2-4-8-16/h13H,2-12H2,1H3/t13-/m0/s1. The predicted molar refractivity (Wildman–Crippen MR) is 78.7 cm³/mol. The van der Waals surface area contributed by atoms with Crippen LogP contribution in [0, 0.1) is 5.92 Å². The maximum Gasteiger partial charge on any atom is 0.235 e. The molecule has 5 nitrogen and oxygen atoms in total. The average molecular weight is 294 g/mol. The Hall–Kier alpha value is -1.10. The molecule has 2 heterocycles. The summed E-state index contributed by atoms with van der Waals surface area (Å²) in [6.45, 7) is 2.70. The van der Waals surface area contributed by atoms with E-state index in [1.54, 1.807) is 11.9 Å². The smallest absolute Gasteiger partial charge is 0.235 e. The number of carbonyl (C=O) groups is 2. The number of morpholine rings is 1. The zero-order valence-corrected chi connectivity index (χ0v) is 13.0. The van der Waals surface area contributed by atoms with Crippen molar-refractivity contribution in [1.29, 1.82) is 0 Å². The molecule has 21 heavy (non-hydrogen) atoms. The van der Waals surface area contributed by atoms with Crippen molar-refractivity contribution in [2.45, 2.75) is 50.5 Å². The molecule has 0 bridgehead atoms. The van der Waals surface area contributed by atoms with Crippen molar-refractivity contribution in [3.63, 3.8) is 0 Å². The quantitative estimate of drug-likeness (QED) is 0.687. The van der Waals surface area contributed by atoms with Crippen molar-refractivity contribution in [3.8, 4) is 0 Å². The van der Waals surface area contributed by atoms with Gasteiger partial charge in [0.1, 0.15) is 5.92 Å². The van der Waals surface area contributed by atoms with Crippen LogP contribution in [0.4, 0.5) is 0 Å². The van der Waals surface area contributed by atoms with Gasteiger partial charge in [0.15, 0.2) is 0 Å². The van der Waals surface area contributed by atoms with Gasteiger partial charge in [0.05, 0.1) is 12.2 Å². The van der Waals surface area contributed by atoms with Crippen molar-refractivity contribution in [2.24, 2.45) is 5.92 Å². The molecule has 1 saturated carbocycles. The number of likely N-dealkylation sites (tertiary alicyclic amines) is 1. The van der Waals surface area contributed by atoms with Crippen LogP contribution >= 0.6 is 0 Å². The Bertz CT molecular complexity index is 412. The monoisotopic (exact) mass is 294 g/mol. The Balaban J connectivity index is 1.68. The third-order valence-corrected chi connectivity index (χ3v) is 5.28. The highest BCUT2D eigenvalue weighted by atomic mass is 16.5. The second-order valence-corrected chi connectivity index (χ2v) is 6.81. The molecule has 118 valence electrons. The summed E-state index contributed by atoms with van der Waals surface area (Å²) in [6.07, 6.45) is 7.37. The minimum Gasteiger partial charge on any atom is -0.371 e. The lowest BCUT2D eigenvalue weighted by atomic mass is 9.83. The minimum absolute atomic E-state index is 0.00423. The number of piperidine rings is 1. The summed E-state index contributed by atoms with van der Waals surface area (Å²) >= 11 is 0. The van der Waals surface area contributed by atoms with Gasteiger partial charge in [0.2, 0.25) is 11.8 Å². The molecule has 2 saturated heterocycles. The van der Waals surface area contributed by atoms with Gasteiger partial charge in [-0.1, -0.05) is 19.3 Å². The van der Waals surface area contributed by atoms with Gasteiger partial charge in [-0.2, -0.15) is 0 Å². The Morgan fingerprint density at radius 1 is 1.19 bits per heavy atom. The summed E-state index contributed by atoms with van der Waals surface area (Å²) < 4.78 is 6.03. The van der Waals surface area contributed by atoms with Gasteiger partial charge in [-0.3, -0.25) is 9.59 Å². The first-order valence-electron chi connectivity index (χ1n) is 8.29. The molecule has 0 aromatic rings. The minimum atomic E-state index is -0.456. The van der Waals surface area contributed by atoms with E-state index in [0.717, 1.165) is 25.8 Å². The molecule has 0 radical (unpaired) electrons. The maximum absolute atomic E-state index is 12.8. The highest BCUT2D eigenvalue weighted by molar-refractivity contribution is 6.00. The van der Waals surface area contributed by atoms with Crippen molar-refractivity contribution >= 4 is 11.8 Å². The fourth-order valence-corrected chi connectivity index (χ4v) is 4.01. The van der Waals surface area contributed by atoms with Gasteiger partial charge in [0, 0.05) is 26.7 Å². The van der Waals surface area contributed by atoms with Crippen molar-refractivity contribution in [1.82, 2.24) is 9.80 Å². The van der Waals surface area contributed by atoms with Crippen LogP contribution in [0.1, 0.15) is 44.9 Å². The van der Waals surface area contributed by atoms with Crippen LogP contribution in [0.2, 0.25) is 0 Å². The summed E-state index contributed by atoms with van der Waals surface area (Å²) in [5.74, 6) is -0.433. The van der Waals surface area contributed by atoms with Gasteiger partial charge in [0.25, 0.3) is 0 Å². The van der Waals surface area contributed by atoms with E-state index >= 15 is 0 Å². The Morgan fingerprint density at radius 2 is 1.95 bits per heavy atom. The molecule has 3 aliphatic rings. The van der Waals surface area contributed by atoms with Crippen molar-refractivity contribution in [2.75, 3.05) is 33.3 Å². The topological polar surface area (TPSA) is 49.9 Å². The van der Waals surface area contributed by atoms with E-state index in [4.69, 9.17) is 4.74 Å². The maximum atomic E-state index is 12.8. The lowest BCUT2D eigenvalue weighted by molar-refractivity contribution is -0.164. The molecular formula is C16H26N2O3. The first-order chi connectivity index (χ1) is 10.1. The molecule has 2 amide bonds. The molecule has 0 aromatic carbocycles. The molecule has 2 aliphatic heterocycles. The molecule has 0 unspecified atom stereocenters. The summed E-state index contributed by atoms with van der Waals surface area (Å²) in [4.78, 5) is 28.6. The molecule has 1 atom stereocenters. The van der Waals surface area contributed by atoms with Gasteiger partial charge in [-0.15, -0.1) is 0 Å². The molecule has 3 rings (SSSR count). The van der Waals surface area contributed by atoms with E-state index < -0.39 is 5.92 Å². The first-order valence-corrected chi connectivity index (χ1v) is 8.29. The van der Waals surface area contributed by atoms with E-state index in [2.05, 4.69) is 0 Å². The number of carbonyl (C=O) groups excluding carboxylic acids is 2. The highest BCUT2D eigenvalue weighted by Gasteiger charge is 2.42. The van der Waals surface area contributed by atoms with Gasteiger partial charge in [-0.05, 0) is 25.7 Å². The SMILES string of the molecule is CN1CCC[C@H](C(=O)N2CCOC3(CCCCC3)C2)C1=O. The Kier molecular flexibility index (Phi) is 4.20. The highest BCUT2D eigenvalue weighted by Crippen LogP contribution is 2.35. The molecule has 0 N–H and O–H groups in total. The fraction of sp³-hybridized carbons (Fsp3) is 0.875. The number of amides is 2. The van der Waals surface area contributed by atoms with Crippen LogP contribution in [0.5, 0.6) is 0 Å². The third kappa shape index (κ3) is 2.93. The lowest BCUT2D eigenvalue weighted by Gasteiger charge is -2.46. The van der Waals surface area contributed by atoms with E-state index in [9.17, 15) is 9.59 Å². The molecule has 1 spiro atoms. The van der Waals surface area contributed by atoms with E-state index in [-0.39, 0.29) is 17.4 Å². The summed E-state index contributed by atoms with van der Waals surface area (Å²) in [7, 11) is 1.80. The second kappa shape index (κ2) is 5.95. The molecule has 5 heteroatoms. The fourth-order valence-electron chi connectivity index (χ4n) is 4.01. The van der Waals surface area contributed by atoms with Crippen molar-refractivity contribution in [3.05, 3.63) is 0 Å². The zero-order chi connectivity index (χ0) is 14.9. The van der Waals surface area contributed by atoms with Gasteiger partial charge in [-0.25, -0.2) is 0 Å². The van der Waals surface area contributed by atoms with E-state index in [1.165, 1.54) is 19.3 Å². The third-order valence-electron chi connectivity index (χ3n) is 5.28. The van der Waals surface area contributed by atoms with Crippen LogP contribution in [-0.4, -0.2) is 60.5 Å². The predicted octanol–water partition coefficient (Wildman–Crippen LogP) is 1.42. The Labute approximate surface area is 126 Å². The number of hydrogen-bond acceptors (Lipinski definition) is 3. The number of hydrogen-bond donors (Lipinski definition) is 0. The van der Waals surface area contributed by atoms with Crippen LogP contribution in [-0.2, 0) is 14.3 Å². The lowest BCUT2D eigenvalue weighted by Crippen LogP contribution is -2.57. The van der Waals surface area contributed by atoms with Crippen LogP contribution in [0.25, 0.3) is 0 Å². The zero-order valence-electron chi connectivity index (χ0n) is 13.0. The van der Waals surface area contributed by atoms with E-state index in [0.29, 0.717) is 26.1 Å². The molecule has 3 fully saturated rings. The molecule has 0 aromatic heterocycles.